The summed E-state index contributed by atoms with van der Waals surface area (Å²) < 4.78 is 103. The maximum Gasteiger partial charge on any atom is 0.257 e. The van der Waals surface area contributed by atoms with Crippen LogP contribution in [0.3, 0.4) is 0 Å². The van der Waals surface area contributed by atoms with Gasteiger partial charge in [-0.3, -0.25) is 4.79 Å². The van der Waals surface area contributed by atoms with Crippen molar-refractivity contribution in [2.45, 2.75) is 26.6 Å². The van der Waals surface area contributed by atoms with E-state index in [1.165, 1.54) is 0 Å². The molecule has 0 aliphatic heterocycles. The number of halogens is 1. The maximum absolute atomic E-state index is 13.5. The number of carbonyl (C=O) groups excluding carboxylic acids is 1. The summed E-state index contributed by atoms with van der Waals surface area (Å²) in [5.41, 5.74) is -1.11. The number of hydrogen-bond donors (Lipinski definition) is 1. The van der Waals surface area contributed by atoms with Gasteiger partial charge < -0.3 is 10.0 Å². The van der Waals surface area contributed by atoms with Gasteiger partial charge in [-0.15, -0.1) is 0 Å². The van der Waals surface area contributed by atoms with Gasteiger partial charge in [0.05, 0.1) is 6.93 Å². The molecule has 3 nitrogen and oxygen atoms in total. The lowest BCUT2D eigenvalue weighted by Gasteiger charge is -2.25. The highest BCUT2D eigenvalue weighted by Gasteiger charge is 2.20. The fraction of sp³-hybridized carbons (Fsp3) is 0.417. The van der Waals surface area contributed by atoms with Crippen LogP contribution in [0.4, 0.5) is 4.39 Å². The van der Waals surface area contributed by atoms with Crippen molar-refractivity contribution in [3.63, 3.8) is 0 Å². The van der Waals surface area contributed by atoms with Gasteiger partial charge in [-0.1, -0.05) is 0 Å². The summed E-state index contributed by atoms with van der Waals surface area (Å²) in [5, 5.41) is 9.77. The fourth-order valence-electron chi connectivity index (χ4n) is 1.01. The van der Waals surface area contributed by atoms with E-state index in [0.717, 1.165) is 0 Å². The number of aromatic hydroxyl groups is 1. The standard InChI is InChI=1S/C12H16FNO2/c1-4-14(8(2)3)12(16)10-7-9(13)5-6-11(10)15/h5-8,15H,4H2,1-3H3/i1D3,2D3,3D3,4D2,8D. The Morgan fingerprint density at radius 3 is 3.12 bits per heavy atom. The number of amides is 1. The molecule has 0 saturated carbocycles. The Kier molecular flexibility index (Phi) is 1.15. The predicted molar refractivity (Wildman–Crippen MR) is 59.9 cm³/mol. The van der Waals surface area contributed by atoms with Crippen LogP contribution in [-0.2, 0) is 0 Å². The molecule has 1 N–H and O–H groups in total. The summed E-state index contributed by atoms with van der Waals surface area (Å²) >= 11 is 0. The quantitative estimate of drug-likeness (QED) is 0.877. The van der Waals surface area contributed by atoms with Gasteiger partial charge in [0, 0.05) is 27.6 Å². The fourth-order valence-corrected chi connectivity index (χ4v) is 1.01. The molecule has 4 heteroatoms. The van der Waals surface area contributed by atoms with Gasteiger partial charge in [-0.05, 0) is 38.8 Å². The molecule has 0 saturated heterocycles. The Morgan fingerprint density at radius 1 is 1.75 bits per heavy atom. The van der Waals surface area contributed by atoms with Gasteiger partial charge in [0.1, 0.15) is 11.6 Å². The van der Waals surface area contributed by atoms with E-state index in [2.05, 4.69) is 0 Å². The zero-order valence-corrected chi connectivity index (χ0v) is 7.91. The van der Waals surface area contributed by atoms with E-state index in [9.17, 15) is 14.3 Å². The second-order valence-corrected chi connectivity index (χ2v) is 2.76. The molecule has 0 unspecified atom stereocenters. The van der Waals surface area contributed by atoms with Crippen molar-refractivity contribution >= 4 is 5.91 Å². The highest BCUT2D eigenvalue weighted by atomic mass is 19.1. The van der Waals surface area contributed by atoms with Crippen LogP contribution < -0.4 is 0 Å². The lowest BCUT2D eigenvalue weighted by atomic mass is 10.1. The smallest absolute Gasteiger partial charge is 0.257 e. The summed E-state index contributed by atoms with van der Waals surface area (Å²) in [7, 11) is 0. The normalized spacial score (nSPS) is 25.6. The zero-order valence-electron chi connectivity index (χ0n) is 19.9. The van der Waals surface area contributed by atoms with Crippen molar-refractivity contribution in [2.75, 3.05) is 6.50 Å². The average Bonchev–Trinajstić information content (AvgIpc) is 2.45. The monoisotopic (exact) mass is 237 g/mol. The van der Waals surface area contributed by atoms with Crippen molar-refractivity contribution in [3.8, 4) is 5.75 Å². The first kappa shape index (κ1) is 3.72. The van der Waals surface area contributed by atoms with Crippen molar-refractivity contribution in [2.24, 2.45) is 0 Å². The first-order valence-electron chi connectivity index (χ1n) is 10.0. The molecule has 0 aliphatic carbocycles. The van der Waals surface area contributed by atoms with Crippen LogP contribution in [0, 0.1) is 5.82 Å². The van der Waals surface area contributed by atoms with E-state index < -0.39 is 61.0 Å². The summed E-state index contributed by atoms with van der Waals surface area (Å²) in [5.74, 6) is -4.15. The van der Waals surface area contributed by atoms with Crippen LogP contribution in [0.1, 0.15) is 47.4 Å². The molecular formula is C12H16FNO2. The van der Waals surface area contributed by atoms with Crippen LogP contribution in [0.2, 0.25) is 0 Å². The van der Waals surface area contributed by atoms with Gasteiger partial charge >= 0.3 is 0 Å². The third-order valence-electron chi connectivity index (χ3n) is 1.73. The maximum atomic E-state index is 13.5. The number of phenols is 1. The van der Waals surface area contributed by atoms with Crippen LogP contribution in [-0.4, -0.2) is 28.4 Å². The number of hydrogen-bond acceptors (Lipinski definition) is 2. The number of rotatable bonds is 3. The Labute approximate surface area is 111 Å². The molecule has 0 fully saturated rings. The Hall–Kier alpha value is -1.58. The second-order valence-electron chi connectivity index (χ2n) is 2.76. The van der Waals surface area contributed by atoms with E-state index in [1.54, 1.807) is 0 Å². The van der Waals surface area contributed by atoms with Crippen molar-refractivity contribution in [3.05, 3.63) is 29.6 Å². The molecule has 1 rings (SSSR count). The molecule has 0 radical (unpaired) electrons. The zero-order chi connectivity index (χ0) is 22.5. The molecule has 0 atom stereocenters. The minimum Gasteiger partial charge on any atom is -0.507 e. The van der Waals surface area contributed by atoms with Crippen molar-refractivity contribution in [1.29, 1.82) is 0 Å². The Bertz CT molecular complexity index is 740. The van der Waals surface area contributed by atoms with Crippen molar-refractivity contribution < 1.29 is 30.7 Å². The van der Waals surface area contributed by atoms with E-state index in [0.29, 0.717) is 18.2 Å². The molecule has 88 valence electrons. The van der Waals surface area contributed by atoms with E-state index in [4.69, 9.17) is 16.4 Å². The highest BCUT2D eigenvalue weighted by Crippen LogP contribution is 2.20. The third-order valence-corrected chi connectivity index (χ3v) is 1.73. The molecule has 1 aromatic rings. The number of nitrogens with zero attached hydrogens (tertiary/aromatic N) is 1. The SMILES string of the molecule is [2H]C([2H])([2H])C([2H])([2H])N(C(=O)c1cc(F)ccc1O)C([2H])(C([2H])([2H])[2H])C([2H])([2H])[2H]. The Morgan fingerprint density at radius 2 is 2.50 bits per heavy atom. The van der Waals surface area contributed by atoms with E-state index >= 15 is 0 Å². The van der Waals surface area contributed by atoms with Gasteiger partial charge in [0.25, 0.3) is 5.91 Å². The van der Waals surface area contributed by atoms with Crippen LogP contribution in [0.5, 0.6) is 5.75 Å². The third kappa shape index (κ3) is 2.51. The molecule has 0 bridgehead atoms. The van der Waals surface area contributed by atoms with E-state index in [-0.39, 0.29) is 0 Å². The predicted octanol–water partition coefficient (Wildman–Crippen LogP) is 2.40. The van der Waals surface area contributed by atoms with Gasteiger partial charge in [0.2, 0.25) is 0 Å². The number of benzene rings is 1. The Balaban J connectivity index is 3.96. The molecule has 0 aromatic heterocycles. The summed E-state index contributed by atoms with van der Waals surface area (Å²) in [4.78, 5) is 12.1. The van der Waals surface area contributed by atoms with Gasteiger partial charge in [0.15, 0.2) is 0 Å². The summed E-state index contributed by atoms with van der Waals surface area (Å²) in [6, 6.07) is -2.42. The van der Waals surface area contributed by atoms with Crippen LogP contribution in [0.25, 0.3) is 0 Å². The van der Waals surface area contributed by atoms with Gasteiger partial charge in [-0.2, -0.15) is 0 Å². The second kappa shape index (κ2) is 4.96. The van der Waals surface area contributed by atoms with Crippen LogP contribution in [0.15, 0.2) is 18.2 Å². The molecule has 0 aliphatic rings. The topological polar surface area (TPSA) is 40.5 Å². The minimum absolute atomic E-state index is 0.333. The molecule has 1 amide bonds. The molecule has 16 heavy (non-hydrogen) atoms. The molecule has 0 spiro atoms. The molecular weight excluding hydrogens is 209 g/mol. The van der Waals surface area contributed by atoms with Crippen molar-refractivity contribution in [1.82, 2.24) is 4.90 Å². The lowest BCUT2D eigenvalue weighted by molar-refractivity contribution is 0.0713. The minimum atomic E-state index is -4.09. The first-order chi connectivity index (χ1) is 12.2. The largest absolute Gasteiger partial charge is 0.507 e. The lowest BCUT2D eigenvalue weighted by Crippen LogP contribution is -2.36. The van der Waals surface area contributed by atoms with Crippen LogP contribution >= 0.6 is 0 Å². The number of phenolic OH excluding ortho intramolecular Hbond substituents is 1. The van der Waals surface area contributed by atoms with E-state index in [1.807, 2.05) is 0 Å². The number of carbonyl (C=O) groups is 1. The first-order valence-corrected chi connectivity index (χ1v) is 4.03. The summed E-state index contributed by atoms with van der Waals surface area (Å²) in [6.07, 6.45) is 0. The average molecular weight is 237 g/mol. The molecule has 1 aromatic carbocycles. The molecule has 0 heterocycles. The highest BCUT2D eigenvalue weighted by molar-refractivity contribution is 5.97. The summed E-state index contributed by atoms with van der Waals surface area (Å²) in [6.45, 7) is -15.6. The van der Waals surface area contributed by atoms with Gasteiger partial charge in [-0.25, -0.2) is 4.39 Å².